The van der Waals surface area contributed by atoms with Crippen molar-refractivity contribution in [2.45, 2.75) is 38.7 Å². The van der Waals surface area contributed by atoms with Crippen LogP contribution >= 0.6 is 9.24 Å². The van der Waals surface area contributed by atoms with Crippen LogP contribution in [0.4, 0.5) is 0 Å². The maximum Gasteiger partial charge on any atom is 0.115 e. The highest BCUT2D eigenvalue weighted by atomic mass is 31.0. The molecule has 1 fully saturated rings. The fourth-order valence-electron chi connectivity index (χ4n) is 1.30. The molecule has 2 unspecified atom stereocenters. The van der Waals surface area contributed by atoms with Crippen LogP contribution in [0.15, 0.2) is 0 Å². The standard InChI is InChI=1S/C8H18BP/c1-7(2,3)8(9,10)6-4-5-6/h6H,4-5,9-10H2,1-3H3. The number of hydrogen-bond donors (Lipinski definition) is 0. The van der Waals surface area contributed by atoms with Gasteiger partial charge in [0.2, 0.25) is 0 Å². The van der Waals surface area contributed by atoms with Gasteiger partial charge in [-0.1, -0.05) is 33.6 Å². The predicted octanol–water partition coefficient (Wildman–Crippen LogP) is 1.65. The van der Waals surface area contributed by atoms with Gasteiger partial charge in [0.25, 0.3) is 0 Å². The molecule has 1 aliphatic rings. The Hall–Kier alpha value is 0.495. The van der Waals surface area contributed by atoms with Gasteiger partial charge in [0.05, 0.1) is 0 Å². The minimum Gasteiger partial charge on any atom is -0.139 e. The molecule has 10 heavy (non-hydrogen) atoms. The van der Waals surface area contributed by atoms with Gasteiger partial charge >= 0.3 is 0 Å². The predicted molar refractivity (Wildman–Crippen MR) is 53.2 cm³/mol. The van der Waals surface area contributed by atoms with Crippen molar-refractivity contribution in [2.24, 2.45) is 11.3 Å². The Labute approximate surface area is 67.8 Å². The molecule has 0 aromatic carbocycles. The van der Waals surface area contributed by atoms with E-state index in [0.717, 1.165) is 5.92 Å². The van der Waals surface area contributed by atoms with Gasteiger partial charge in [-0.2, -0.15) is 0 Å². The quantitative estimate of drug-likeness (QED) is 0.400. The first kappa shape index (κ1) is 8.59. The van der Waals surface area contributed by atoms with Gasteiger partial charge < -0.3 is 0 Å². The second-order valence-electron chi connectivity index (χ2n) is 4.81. The topological polar surface area (TPSA) is 0 Å². The Bertz CT molecular complexity index is 131. The van der Waals surface area contributed by atoms with Crippen LogP contribution in [0, 0.1) is 11.3 Å². The van der Waals surface area contributed by atoms with Crippen LogP contribution in [-0.2, 0) is 0 Å². The largest absolute Gasteiger partial charge is 0.139 e. The van der Waals surface area contributed by atoms with Crippen LogP contribution < -0.4 is 0 Å². The maximum atomic E-state index is 3.04. The highest BCUT2D eigenvalue weighted by molar-refractivity contribution is 7.22. The maximum absolute atomic E-state index is 3.04. The van der Waals surface area contributed by atoms with E-state index in [9.17, 15) is 0 Å². The lowest BCUT2D eigenvalue weighted by Crippen LogP contribution is -2.39. The molecule has 2 heteroatoms. The van der Waals surface area contributed by atoms with Gasteiger partial charge in [-0.25, -0.2) is 0 Å². The molecular weight excluding hydrogens is 138 g/mol. The van der Waals surface area contributed by atoms with Crippen molar-refractivity contribution in [1.82, 2.24) is 0 Å². The molecule has 1 saturated carbocycles. The fourth-order valence-corrected chi connectivity index (χ4v) is 1.63. The van der Waals surface area contributed by atoms with Gasteiger partial charge in [0.1, 0.15) is 7.85 Å². The van der Waals surface area contributed by atoms with Crippen LogP contribution in [0.2, 0.25) is 0 Å². The van der Waals surface area contributed by atoms with E-state index in [1.807, 2.05) is 0 Å². The molecule has 0 spiro atoms. The van der Waals surface area contributed by atoms with Crippen molar-refractivity contribution in [3.8, 4) is 0 Å². The van der Waals surface area contributed by atoms with Crippen LogP contribution in [0.1, 0.15) is 33.6 Å². The summed E-state index contributed by atoms with van der Waals surface area (Å²) in [5.74, 6) is 0.970. The molecule has 0 aromatic rings. The fraction of sp³-hybridized carbons (Fsp3) is 1.00. The zero-order chi connectivity index (χ0) is 7.99. The number of rotatable bonds is 1. The van der Waals surface area contributed by atoms with Crippen LogP contribution in [0.25, 0.3) is 0 Å². The zero-order valence-electron chi connectivity index (χ0n) is 7.57. The lowest BCUT2D eigenvalue weighted by Gasteiger charge is -2.39. The molecule has 1 rings (SSSR count). The molecule has 58 valence electrons. The van der Waals surface area contributed by atoms with Crippen molar-refractivity contribution < 1.29 is 0 Å². The van der Waals surface area contributed by atoms with Gasteiger partial charge in [0, 0.05) is 0 Å². The smallest absolute Gasteiger partial charge is 0.115 e. The lowest BCUT2D eigenvalue weighted by atomic mass is 9.64. The third-order valence-corrected chi connectivity index (χ3v) is 4.38. The monoisotopic (exact) mass is 156 g/mol. The molecule has 0 nitrogen and oxygen atoms in total. The summed E-state index contributed by atoms with van der Waals surface area (Å²) >= 11 is 0. The summed E-state index contributed by atoms with van der Waals surface area (Å²) in [6.45, 7) is 6.99. The van der Waals surface area contributed by atoms with Crippen molar-refractivity contribution in [3.05, 3.63) is 0 Å². The first-order valence-corrected chi connectivity index (χ1v) is 4.72. The molecule has 0 N–H and O–H groups in total. The second-order valence-corrected chi connectivity index (χ2v) is 6.01. The molecule has 2 atom stereocenters. The van der Waals surface area contributed by atoms with E-state index >= 15 is 0 Å². The van der Waals surface area contributed by atoms with Crippen molar-refractivity contribution in [2.75, 3.05) is 0 Å². The van der Waals surface area contributed by atoms with E-state index in [4.69, 9.17) is 0 Å². The minimum absolute atomic E-state index is 0.443. The summed E-state index contributed by atoms with van der Waals surface area (Å²) < 4.78 is 0. The molecule has 1 aliphatic carbocycles. The number of hydrogen-bond acceptors (Lipinski definition) is 0. The first-order valence-electron chi connectivity index (χ1n) is 4.14. The Balaban J connectivity index is 2.66. The van der Waals surface area contributed by atoms with E-state index in [2.05, 4.69) is 37.9 Å². The Kier molecular flexibility index (Phi) is 1.92. The molecule has 0 amide bonds. The molecule has 0 aromatic heterocycles. The first-order chi connectivity index (χ1) is 4.36. The van der Waals surface area contributed by atoms with Crippen molar-refractivity contribution in [1.29, 1.82) is 0 Å². The highest BCUT2D eigenvalue weighted by Gasteiger charge is 2.45. The van der Waals surface area contributed by atoms with Gasteiger partial charge in [0.15, 0.2) is 0 Å². The van der Waals surface area contributed by atoms with Crippen molar-refractivity contribution in [3.63, 3.8) is 0 Å². The normalized spacial score (nSPS) is 26.0. The Morgan fingerprint density at radius 2 is 1.70 bits per heavy atom. The van der Waals surface area contributed by atoms with E-state index < -0.39 is 0 Å². The molecule has 0 saturated heterocycles. The van der Waals surface area contributed by atoms with E-state index in [1.54, 1.807) is 0 Å². The van der Waals surface area contributed by atoms with Gasteiger partial charge in [-0.3, -0.25) is 0 Å². The van der Waals surface area contributed by atoms with Crippen LogP contribution in [0.5, 0.6) is 0 Å². The van der Waals surface area contributed by atoms with Crippen LogP contribution in [0.3, 0.4) is 0 Å². The van der Waals surface area contributed by atoms with Gasteiger partial charge in [-0.15, -0.1) is 9.24 Å². The summed E-state index contributed by atoms with van der Waals surface area (Å²) in [6.07, 6.45) is 2.88. The summed E-state index contributed by atoms with van der Waals surface area (Å²) in [7, 11) is 5.41. The average molecular weight is 156 g/mol. The summed E-state index contributed by atoms with van der Waals surface area (Å²) in [4.78, 5) is 0. The third kappa shape index (κ3) is 1.40. The molecule has 0 bridgehead atoms. The average Bonchev–Trinajstić information content (AvgIpc) is 2.38. The molecule has 0 radical (unpaired) electrons. The second kappa shape index (κ2) is 2.24. The van der Waals surface area contributed by atoms with E-state index in [-0.39, 0.29) is 0 Å². The zero-order valence-corrected chi connectivity index (χ0v) is 8.72. The minimum atomic E-state index is 0.443. The van der Waals surface area contributed by atoms with Gasteiger partial charge in [-0.05, 0) is 16.4 Å². The Morgan fingerprint density at radius 1 is 1.30 bits per heavy atom. The summed E-state index contributed by atoms with van der Waals surface area (Å²) in [6, 6.07) is 0. The van der Waals surface area contributed by atoms with Crippen molar-refractivity contribution >= 4 is 17.1 Å². The third-order valence-electron chi connectivity index (χ3n) is 3.04. The summed E-state index contributed by atoms with van der Waals surface area (Å²) in [5.41, 5.74) is 0.443. The van der Waals surface area contributed by atoms with Crippen LogP contribution in [-0.4, -0.2) is 12.9 Å². The highest BCUT2D eigenvalue weighted by Crippen LogP contribution is 2.51. The lowest BCUT2D eigenvalue weighted by molar-refractivity contribution is 0.332. The summed E-state index contributed by atoms with van der Waals surface area (Å²) in [5, 5.41) is 0.465. The molecule has 0 heterocycles. The Morgan fingerprint density at radius 3 is 1.80 bits per heavy atom. The molecular formula is C8H18BP. The van der Waals surface area contributed by atoms with E-state index in [0.29, 0.717) is 10.5 Å². The van der Waals surface area contributed by atoms with E-state index in [1.165, 1.54) is 12.8 Å². The molecule has 0 aliphatic heterocycles. The SMILES string of the molecule is BC(P)(C1CC1)C(C)(C)C.